The number of likely N-dealkylation sites (N-methyl/N-ethyl adjacent to an activating group) is 1. The molecule has 0 radical (unpaired) electrons. The first-order valence-electron chi connectivity index (χ1n) is 11.3. The molecule has 35 heavy (non-hydrogen) atoms. The maximum absolute atomic E-state index is 13.0. The van der Waals surface area contributed by atoms with Crippen molar-refractivity contribution in [1.82, 2.24) is 4.72 Å². The molecule has 0 bridgehead atoms. The minimum absolute atomic E-state index is 0.132. The number of hydrogen-bond acceptors (Lipinski definition) is 5. The predicted molar refractivity (Wildman–Crippen MR) is 140 cm³/mol. The van der Waals surface area contributed by atoms with E-state index in [1.165, 1.54) is 0 Å². The summed E-state index contributed by atoms with van der Waals surface area (Å²) >= 11 is 0. The average molecular weight is 491 g/mol. The van der Waals surface area contributed by atoms with Crippen LogP contribution in [0.15, 0.2) is 77.7 Å². The van der Waals surface area contributed by atoms with Gasteiger partial charge in [-0.05, 0) is 69.7 Å². The van der Waals surface area contributed by atoms with Crippen LogP contribution >= 0.6 is 0 Å². The molecule has 8 heteroatoms. The van der Waals surface area contributed by atoms with Gasteiger partial charge in [-0.3, -0.25) is 4.79 Å². The van der Waals surface area contributed by atoms with Crippen molar-refractivity contribution in [3.05, 3.63) is 78.4 Å². The lowest BCUT2D eigenvalue weighted by Crippen LogP contribution is -2.40. The average Bonchev–Trinajstić information content (AvgIpc) is 2.81. The molecular weight excluding hydrogens is 460 g/mol. The topological polar surface area (TPSA) is 102 Å². The molecule has 0 unspecified atom stereocenters. The Morgan fingerprint density at radius 3 is 2.31 bits per heavy atom. The quantitative estimate of drug-likeness (QED) is 0.474. The van der Waals surface area contributed by atoms with Gasteiger partial charge in [-0.15, -0.1) is 0 Å². The van der Waals surface area contributed by atoms with Gasteiger partial charge in [0.05, 0.1) is 23.1 Å². The zero-order chi connectivity index (χ0) is 25.6. The molecule has 0 saturated heterocycles. The first-order valence-corrected chi connectivity index (χ1v) is 12.8. The lowest BCUT2D eigenvalue weighted by atomic mass is 10.1. The number of carbonyl (C=O) groups excluding carboxylic acids is 1. The van der Waals surface area contributed by atoms with Gasteiger partial charge >= 0.3 is 0 Å². The highest BCUT2D eigenvalue weighted by Gasteiger charge is 2.24. The van der Waals surface area contributed by atoms with E-state index in [0.29, 0.717) is 23.4 Å². The molecule has 7 nitrogen and oxygen atoms in total. The number of sulfonamides is 1. The third kappa shape index (κ3) is 6.92. The van der Waals surface area contributed by atoms with E-state index in [4.69, 9.17) is 5.26 Å². The second kappa shape index (κ2) is 10.7. The van der Waals surface area contributed by atoms with Gasteiger partial charge in [0.25, 0.3) is 0 Å². The molecule has 0 atom stereocenters. The van der Waals surface area contributed by atoms with Gasteiger partial charge in [0.15, 0.2) is 0 Å². The van der Waals surface area contributed by atoms with Crippen molar-refractivity contribution in [2.24, 2.45) is 0 Å². The molecule has 0 aliphatic carbocycles. The van der Waals surface area contributed by atoms with Crippen LogP contribution in [0, 0.1) is 11.3 Å². The number of nitrogens with one attached hydrogen (secondary N) is 2. The molecule has 3 rings (SSSR count). The van der Waals surface area contributed by atoms with Gasteiger partial charge in [0, 0.05) is 29.0 Å². The summed E-state index contributed by atoms with van der Waals surface area (Å²) in [6.07, 6.45) is 0. The first-order chi connectivity index (χ1) is 16.5. The van der Waals surface area contributed by atoms with E-state index in [0.717, 1.165) is 11.3 Å². The van der Waals surface area contributed by atoms with Gasteiger partial charge in [-0.25, -0.2) is 13.1 Å². The Hall–Kier alpha value is -3.67. The fourth-order valence-electron chi connectivity index (χ4n) is 3.66. The van der Waals surface area contributed by atoms with Crippen LogP contribution in [0.4, 0.5) is 11.4 Å². The highest BCUT2D eigenvalue weighted by atomic mass is 32.2. The molecule has 0 fully saturated rings. The van der Waals surface area contributed by atoms with Crippen LogP contribution < -0.4 is 14.9 Å². The van der Waals surface area contributed by atoms with E-state index in [9.17, 15) is 13.2 Å². The monoisotopic (exact) mass is 490 g/mol. The number of nitrogens with zero attached hydrogens (tertiary/aromatic N) is 2. The van der Waals surface area contributed by atoms with Gasteiger partial charge < -0.3 is 10.2 Å². The smallest absolute Gasteiger partial charge is 0.243 e. The standard InChI is InChI=1S/C27H30N4O3S/c1-5-31(23-10-8-9-20(17-23)18-28)19-26(32)29-22-15-13-21(14-16-22)24-11-6-7-12-25(24)35(33,34)30-27(2,3)4/h6-17,30H,5,19H2,1-4H3,(H,29,32). The number of anilines is 2. The Bertz CT molecular complexity index is 1340. The van der Waals surface area contributed by atoms with Crippen molar-refractivity contribution < 1.29 is 13.2 Å². The Morgan fingerprint density at radius 1 is 1.00 bits per heavy atom. The summed E-state index contributed by atoms with van der Waals surface area (Å²) in [5, 5.41) is 12.0. The molecule has 1 amide bonds. The zero-order valence-electron chi connectivity index (χ0n) is 20.4. The van der Waals surface area contributed by atoms with E-state index in [-0.39, 0.29) is 17.3 Å². The number of benzene rings is 3. The van der Waals surface area contributed by atoms with Crippen molar-refractivity contribution in [3.63, 3.8) is 0 Å². The maximum atomic E-state index is 13.0. The second-order valence-corrected chi connectivity index (χ2v) is 10.8. The van der Waals surface area contributed by atoms with Gasteiger partial charge in [-0.2, -0.15) is 5.26 Å². The van der Waals surface area contributed by atoms with Crippen LogP contribution in [0.2, 0.25) is 0 Å². The van der Waals surface area contributed by atoms with Crippen molar-refractivity contribution in [2.75, 3.05) is 23.3 Å². The maximum Gasteiger partial charge on any atom is 0.243 e. The van der Waals surface area contributed by atoms with Crippen LogP contribution in [-0.4, -0.2) is 33.0 Å². The Balaban J connectivity index is 1.76. The van der Waals surface area contributed by atoms with Crippen LogP contribution in [0.25, 0.3) is 11.1 Å². The largest absolute Gasteiger partial charge is 0.362 e. The van der Waals surface area contributed by atoms with Gasteiger partial charge in [-0.1, -0.05) is 36.4 Å². The summed E-state index contributed by atoms with van der Waals surface area (Å²) in [5.41, 5.74) is 2.64. The number of rotatable bonds is 8. The third-order valence-corrected chi connectivity index (χ3v) is 6.97. The number of hydrogen-bond donors (Lipinski definition) is 2. The Labute approximate surface area is 207 Å². The highest BCUT2D eigenvalue weighted by molar-refractivity contribution is 7.89. The molecule has 0 aliphatic heterocycles. The lowest BCUT2D eigenvalue weighted by Gasteiger charge is -2.22. The fraction of sp³-hybridized carbons (Fsp3) is 0.259. The summed E-state index contributed by atoms with van der Waals surface area (Å²) in [4.78, 5) is 14.8. The van der Waals surface area contributed by atoms with Gasteiger partial charge in [0.1, 0.15) is 0 Å². The van der Waals surface area contributed by atoms with Crippen LogP contribution in [-0.2, 0) is 14.8 Å². The van der Waals surface area contributed by atoms with E-state index in [1.807, 2.05) is 17.9 Å². The van der Waals surface area contributed by atoms with Crippen molar-refractivity contribution in [1.29, 1.82) is 5.26 Å². The van der Waals surface area contributed by atoms with E-state index in [2.05, 4.69) is 16.1 Å². The summed E-state index contributed by atoms with van der Waals surface area (Å²) < 4.78 is 28.6. The Kier molecular flexibility index (Phi) is 7.95. The molecule has 182 valence electrons. The molecule has 0 spiro atoms. The fourth-order valence-corrected chi connectivity index (χ4v) is 5.31. The lowest BCUT2D eigenvalue weighted by molar-refractivity contribution is -0.115. The minimum atomic E-state index is -3.72. The van der Waals surface area contributed by atoms with Crippen molar-refractivity contribution in [3.8, 4) is 17.2 Å². The number of amides is 1. The molecule has 2 N–H and O–H groups in total. The zero-order valence-corrected chi connectivity index (χ0v) is 21.2. The summed E-state index contributed by atoms with van der Waals surface area (Å²) in [6.45, 7) is 8.07. The van der Waals surface area contributed by atoms with E-state index < -0.39 is 15.6 Å². The molecule has 0 heterocycles. The molecule has 0 aromatic heterocycles. The number of nitriles is 1. The van der Waals surface area contributed by atoms with E-state index in [1.54, 1.807) is 87.5 Å². The minimum Gasteiger partial charge on any atom is -0.362 e. The highest BCUT2D eigenvalue weighted by Crippen LogP contribution is 2.29. The summed E-state index contributed by atoms with van der Waals surface area (Å²) in [5.74, 6) is -0.195. The van der Waals surface area contributed by atoms with Crippen LogP contribution in [0.5, 0.6) is 0 Å². The number of carbonyl (C=O) groups is 1. The second-order valence-electron chi connectivity index (χ2n) is 9.15. The Morgan fingerprint density at radius 2 is 1.69 bits per heavy atom. The third-order valence-electron chi connectivity index (χ3n) is 5.15. The van der Waals surface area contributed by atoms with Crippen molar-refractivity contribution in [2.45, 2.75) is 38.1 Å². The van der Waals surface area contributed by atoms with Crippen molar-refractivity contribution >= 4 is 27.3 Å². The molecule has 0 saturated carbocycles. The van der Waals surface area contributed by atoms with Crippen LogP contribution in [0.3, 0.4) is 0 Å². The molecule has 3 aromatic rings. The molecule has 3 aromatic carbocycles. The first kappa shape index (κ1) is 25.9. The SMILES string of the molecule is CCN(CC(=O)Nc1ccc(-c2ccccc2S(=O)(=O)NC(C)(C)C)cc1)c1cccc(C#N)c1. The predicted octanol–water partition coefficient (Wildman–Crippen LogP) is 4.77. The normalized spacial score (nSPS) is 11.5. The molecular formula is C27H30N4O3S. The summed E-state index contributed by atoms with van der Waals surface area (Å²) in [7, 11) is -3.72. The van der Waals surface area contributed by atoms with E-state index >= 15 is 0 Å². The van der Waals surface area contributed by atoms with Crippen LogP contribution in [0.1, 0.15) is 33.3 Å². The molecule has 0 aliphatic rings. The van der Waals surface area contributed by atoms with Gasteiger partial charge in [0.2, 0.25) is 15.9 Å². The summed E-state index contributed by atoms with van der Waals surface area (Å²) in [6, 6.07) is 23.2.